The molecule has 7 atom stereocenters. The van der Waals surface area contributed by atoms with Gasteiger partial charge in [-0.05, 0) is 85.9 Å². The number of hydrogen-bond donors (Lipinski definition) is 2. The molecule has 0 unspecified atom stereocenters. The van der Waals surface area contributed by atoms with Gasteiger partial charge >= 0.3 is 0 Å². The molecule has 3 saturated carbocycles. The van der Waals surface area contributed by atoms with Gasteiger partial charge in [0.15, 0.2) is 0 Å². The van der Waals surface area contributed by atoms with E-state index in [0.717, 1.165) is 30.6 Å². The van der Waals surface area contributed by atoms with Crippen LogP contribution in [0.25, 0.3) is 0 Å². The average Bonchev–Trinajstić information content (AvgIpc) is 2.84. The van der Waals surface area contributed by atoms with Crippen molar-refractivity contribution >= 4 is 0 Å². The van der Waals surface area contributed by atoms with Crippen LogP contribution in [-0.2, 0) is 0 Å². The maximum atomic E-state index is 10.0. The van der Waals surface area contributed by atoms with E-state index in [4.69, 9.17) is 0 Å². The molecular formula is C20H32O2. The first-order valence-electron chi connectivity index (χ1n) is 9.47. The van der Waals surface area contributed by atoms with Crippen LogP contribution in [0.3, 0.4) is 0 Å². The van der Waals surface area contributed by atoms with E-state index in [1.165, 1.54) is 38.5 Å². The van der Waals surface area contributed by atoms with Crippen LogP contribution >= 0.6 is 0 Å². The summed E-state index contributed by atoms with van der Waals surface area (Å²) in [6.45, 7) is 5.34. The minimum atomic E-state index is -0.102. The Kier molecular flexibility index (Phi) is 3.51. The third-order valence-corrected chi connectivity index (χ3v) is 8.49. The molecule has 0 bridgehead atoms. The molecule has 2 N–H and O–H groups in total. The minimum Gasteiger partial charge on any atom is -0.396 e. The van der Waals surface area contributed by atoms with E-state index in [0.29, 0.717) is 23.4 Å². The Labute approximate surface area is 135 Å². The van der Waals surface area contributed by atoms with E-state index in [9.17, 15) is 10.2 Å². The first kappa shape index (κ1) is 15.2. The fraction of sp³-hybridized carbons (Fsp3) is 0.900. The third kappa shape index (κ3) is 1.92. The zero-order valence-electron chi connectivity index (χ0n) is 14.2. The van der Waals surface area contributed by atoms with Crippen molar-refractivity contribution in [1.29, 1.82) is 0 Å². The van der Waals surface area contributed by atoms with E-state index in [1.54, 1.807) is 5.57 Å². The van der Waals surface area contributed by atoms with Crippen LogP contribution in [0.4, 0.5) is 0 Å². The van der Waals surface area contributed by atoms with Gasteiger partial charge in [0.25, 0.3) is 0 Å². The summed E-state index contributed by atoms with van der Waals surface area (Å²) in [6, 6.07) is 0. The molecule has 124 valence electrons. The van der Waals surface area contributed by atoms with Crippen molar-refractivity contribution in [2.75, 3.05) is 6.61 Å². The number of fused-ring (bicyclic) bond motifs is 5. The first-order chi connectivity index (χ1) is 10.5. The smallest absolute Gasteiger partial charge is 0.0577 e. The van der Waals surface area contributed by atoms with Crippen LogP contribution in [0.2, 0.25) is 0 Å². The van der Waals surface area contributed by atoms with Crippen LogP contribution in [0.1, 0.15) is 65.2 Å². The number of aliphatic hydroxyl groups is 2. The van der Waals surface area contributed by atoms with Crippen molar-refractivity contribution in [3.63, 3.8) is 0 Å². The lowest BCUT2D eigenvalue weighted by Gasteiger charge is -2.58. The normalized spacial score (nSPS) is 54.2. The molecule has 0 saturated heterocycles. The average molecular weight is 304 g/mol. The van der Waals surface area contributed by atoms with Gasteiger partial charge in [-0.2, -0.15) is 0 Å². The lowest BCUT2D eigenvalue weighted by Crippen LogP contribution is -2.50. The van der Waals surface area contributed by atoms with E-state index in [2.05, 4.69) is 19.9 Å². The minimum absolute atomic E-state index is 0.102. The Morgan fingerprint density at radius 3 is 2.68 bits per heavy atom. The Morgan fingerprint density at radius 2 is 1.91 bits per heavy atom. The van der Waals surface area contributed by atoms with E-state index in [-0.39, 0.29) is 6.10 Å². The molecule has 0 aromatic carbocycles. The van der Waals surface area contributed by atoms with Crippen molar-refractivity contribution in [2.45, 2.75) is 71.3 Å². The maximum absolute atomic E-state index is 10.0. The fourth-order valence-electron chi connectivity index (χ4n) is 7.05. The highest BCUT2D eigenvalue weighted by atomic mass is 16.3. The summed E-state index contributed by atoms with van der Waals surface area (Å²) in [4.78, 5) is 0. The summed E-state index contributed by atoms with van der Waals surface area (Å²) in [5, 5.41) is 19.8. The van der Waals surface area contributed by atoms with Gasteiger partial charge < -0.3 is 10.2 Å². The van der Waals surface area contributed by atoms with E-state index < -0.39 is 0 Å². The highest BCUT2D eigenvalue weighted by molar-refractivity contribution is 5.25. The van der Waals surface area contributed by atoms with E-state index >= 15 is 0 Å². The second-order valence-corrected chi connectivity index (χ2v) is 9.16. The number of aliphatic hydroxyl groups excluding tert-OH is 2. The van der Waals surface area contributed by atoms with Crippen molar-refractivity contribution in [1.82, 2.24) is 0 Å². The number of hydrogen-bond acceptors (Lipinski definition) is 2. The fourth-order valence-corrected chi connectivity index (χ4v) is 7.05. The Balaban J connectivity index is 1.66. The van der Waals surface area contributed by atoms with Crippen molar-refractivity contribution in [3.8, 4) is 0 Å². The molecular weight excluding hydrogens is 272 g/mol. The summed E-state index contributed by atoms with van der Waals surface area (Å²) in [5.74, 6) is 2.98. The van der Waals surface area contributed by atoms with Gasteiger partial charge in [-0.3, -0.25) is 0 Å². The highest BCUT2D eigenvalue weighted by Gasteiger charge is 2.58. The van der Waals surface area contributed by atoms with E-state index in [1.807, 2.05) is 0 Å². The van der Waals surface area contributed by atoms with Gasteiger partial charge in [0, 0.05) is 6.61 Å². The van der Waals surface area contributed by atoms with Crippen molar-refractivity contribution < 1.29 is 10.2 Å². The van der Waals surface area contributed by atoms with Gasteiger partial charge in [-0.25, -0.2) is 0 Å². The predicted octanol–water partition coefficient (Wildman–Crippen LogP) is 3.92. The Bertz CT molecular complexity index is 484. The number of allylic oxidation sites excluding steroid dienone is 1. The van der Waals surface area contributed by atoms with Gasteiger partial charge in [0.05, 0.1) is 6.10 Å². The molecule has 2 heteroatoms. The summed E-state index contributed by atoms with van der Waals surface area (Å²) in [7, 11) is 0. The first-order valence-corrected chi connectivity index (χ1v) is 9.47. The van der Waals surface area contributed by atoms with Gasteiger partial charge in [-0.15, -0.1) is 0 Å². The molecule has 2 nitrogen and oxygen atoms in total. The molecule has 4 rings (SSSR count). The van der Waals surface area contributed by atoms with Gasteiger partial charge in [0.1, 0.15) is 0 Å². The van der Waals surface area contributed by atoms with Crippen molar-refractivity contribution in [3.05, 3.63) is 11.6 Å². The van der Waals surface area contributed by atoms with Crippen molar-refractivity contribution in [2.24, 2.45) is 34.5 Å². The Morgan fingerprint density at radius 1 is 1.09 bits per heavy atom. The third-order valence-electron chi connectivity index (χ3n) is 8.49. The molecule has 0 aliphatic heterocycles. The molecule has 0 spiro atoms. The maximum Gasteiger partial charge on any atom is 0.0577 e. The standard InChI is InChI=1S/C20H32O2/c1-19-9-7-15(22)11-13(19)3-5-16-17-6-4-14(12-21)20(17,2)10-8-18(16)19/h3,14-18,21-22H,4-12H2,1-2H3/t14-,15+,16+,17-,18+,19+,20-/m1/s1. The highest BCUT2D eigenvalue weighted by Crippen LogP contribution is 2.66. The molecule has 0 amide bonds. The lowest BCUT2D eigenvalue weighted by molar-refractivity contribution is -0.0562. The molecule has 3 fully saturated rings. The van der Waals surface area contributed by atoms with Crippen LogP contribution in [0.15, 0.2) is 11.6 Å². The van der Waals surface area contributed by atoms with Crippen LogP contribution in [-0.4, -0.2) is 22.9 Å². The zero-order valence-corrected chi connectivity index (χ0v) is 14.2. The Hall–Kier alpha value is -0.340. The second-order valence-electron chi connectivity index (χ2n) is 9.16. The van der Waals surface area contributed by atoms with Gasteiger partial charge in [0.2, 0.25) is 0 Å². The molecule has 4 aliphatic rings. The quantitative estimate of drug-likeness (QED) is 0.721. The summed E-state index contributed by atoms with van der Waals surface area (Å²) in [6.07, 6.45) is 11.9. The monoisotopic (exact) mass is 304 g/mol. The molecule has 0 aromatic rings. The lowest BCUT2D eigenvalue weighted by atomic mass is 9.47. The predicted molar refractivity (Wildman–Crippen MR) is 88.3 cm³/mol. The topological polar surface area (TPSA) is 40.5 Å². The SMILES string of the molecule is C[C@]12CC[C@H]3[C@@H](CC=C4C[C@@H](O)CC[C@@]43C)[C@H]1CC[C@@H]2CO. The summed E-state index contributed by atoms with van der Waals surface area (Å²) in [5.41, 5.74) is 2.29. The zero-order chi connectivity index (χ0) is 15.5. The molecule has 0 heterocycles. The summed E-state index contributed by atoms with van der Waals surface area (Å²) >= 11 is 0. The molecule has 22 heavy (non-hydrogen) atoms. The van der Waals surface area contributed by atoms with Crippen LogP contribution < -0.4 is 0 Å². The largest absolute Gasteiger partial charge is 0.396 e. The van der Waals surface area contributed by atoms with Crippen LogP contribution in [0.5, 0.6) is 0 Å². The summed E-state index contributed by atoms with van der Waals surface area (Å²) < 4.78 is 0. The second kappa shape index (κ2) is 5.08. The van der Waals surface area contributed by atoms with Crippen LogP contribution in [0, 0.1) is 34.5 Å². The van der Waals surface area contributed by atoms with Gasteiger partial charge in [-0.1, -0.05) is 25.5 Å². The molecule has 4 aliphatic carbocycles. The number of rotatable bonds is 1. The molecule has 0 radical (unpaired) electrons. The molecule has 0 aromatic heterocycles.